The predicted molar refractivity (Wildman–Crippen MR) is 92.4 cm³/mol. The third-order valence-electron chi connectivity index (χ3n) is 3.90. The largest absolute Gasteiger partial charge is 0.464 e. The smallest absolute Gasteiger partial charge is 0.254 e. The van der Waals surface area contributed by atoms with Gasteiger partial charge in [0, 0.05) is 7.05 Å². The molecule has 0 fully saturated rings. The monoisotopic (exact) mass is 346 g/mol. The Morgan fingerprint density at radius 1 is 1.20 bits per heavy atom. The Labute approximate surface area is 146 Å². The maximum atomic E-state index is 13.8. The number of nitrogens with zero attached hydrogens (tertiary/aromatic N) is 1. The van der Waals surface area contributed by atoms with Crippen LogP contribution in [0, 0.1) is 18.7 Å². The minimum atomic E-state index is -0.756. The molecule has 6 heteroatoms. The van der Waals surface area contributed by atoms with Crippen LogP contribution in [0.25, 0.3) is 0 Å². The minimum absolute atomic E-state index is 0.0785. The van der Waals surface area contributed by atoms with E-state index in [1.807, 2.05) is 26.8 Å². The zero-order valence-electron chi connectivity index (χ0n) is 14.9. The van der Waals surface area contributed by atoms with Crippen LogP contribution in [0.4, 0.5) is 4.39 Å². The van der Waals surface area contributed by atoms with Gasteiger partial charge in [-0.05, 0) is 37.1 Å². The lowest BCUT2D eigenvalue weighted by Gasteiger charge is -2.26. The first-order valence-corrected chi connectivity index (χ1v) is 8.15. The number of rotatable bonds is 6. The highest BCUT2D eigenvalue weighted by Gasteiger charge is 2.28. The molecule has 0 bridgehead atoms. The molecule has 25 heavy (non-hydrogen) atoms. The SMILES string of the molecule is Cc1ccc(CN(C)C(=O)C(NC(=O)c2ccccc2F)C(C)C)o1. The van der Waals surface area contributed by atoms with Gasteiger partial charge in [0.05, 0.1) is 12.1 Å². The summed E-state index contributed by atoms with van der Waals surface area (Å²) in [5.74, 6) is -0.195. The molecule has 134 valence electrons. The van der Waals surface area contributed by atoms with E-state index in [0.717, 1.165) is 5.76 Å². The second-order valence-electron chi connectivity index (χ2n) is 6.38. The van der Waals surface area contributed by atoms with Gasteiger partial charge < -0.3 is 14.6 Å². The molecule has 5 nitrogen and oxygen atoms in total. The summed E-state index contributed by atoms with van der Waals surface area (Å²) < 4.78 is 19.3. The van der Waals surface area contributed by atoms with Crippen LogP contribution in [0.3, 0.4) is 0 Å². The first-order valence-electron chi connectivity index (χ1n) is 8.15. The van der Waals surface area contributed by atoms with E-state index in [9.17, 15) is 14.0 Å². The third-order valence-corrected chi connectivity index (χ3v) is 3.90. The second kappa shape index (κ2) is 7.96. The molecule has 0 spiro atoms. The van der Waals surface area contributed by atoms with E-state index < -0.39 is 17.8 Å². The van der Waals surface area contributed by atoms with Gasteiger partial charge in [-0.2, -0.15) is 0 Å². The Morgan fingerprint density at radius 2 is 1.88 bits per heavy atom. The van der Waals surface area contributed by atoms with Gasteiger partial charge in [-0.25, -0.2) is 4.39 Å². The summed E-state index contributed by atoms with van der Waals surface area (Å²) in [7, 11) is 1.64. The van der Waals surface area contributed by atoms with E-state index in [0.29, 0.717) is 12.3 Å². The number of amides is 2. The number of aryl methyl sites for hydroxylation is 1. The Morgan fingerprint density at radius 3 is 2.44 bits per heavy atom. The summed E-state index contributed by atoms with van der Waals surface area (Å²) in [5, 5.41) is 2.64. The standard InChI is InChI=1S/C19H23FN2O3/c1-12(2)17(21-18(23)15-7-5-6-8-16(15)20)19(24)22(4)11-14-10-9-13(3)25-14/h5-10,12,17H,11H2,1-4H3,(H,21,23). The van der Waals surface area contributed by atoms with Gasteiger partial charge in [0.15, 0.2) is 0 Å². The highest BCUT2D eigenvalue weighted by Crippen LogP contribution is 2.13. The van der Waals surface area contributed by atoms with E-state index >= 15 is 0 Å². The van der Waals surface area contributed by atoms with Gasteiger partial charge in [0.2, 0.25) is 5.91 Å². The number of halogens is 1. The van der Waals surface area contributed by atoms with Crippen molar-refractivity contribution < 1.29 is 18.4 Å². The van der Waals surface area contributed by atoms with Crippen LogP contribution in [0.15, 0.2) is 40.8 Å². The van der Waals surface area contributed by atoms with Gasteiger partial charge in [-0.15, -0.1) is 0 Å². The average molecular weight is 346 g/mol. The molecule has 0 saturated carbocycles. The van der Waals surface area contributed by atoms with Crippen molar-refractivity contribution in [2.24, 2.45) is 5.92 Å². The van der Waals surface area contributed by atoms with E-state index in [2.05, 4.69) is 5.32 Å². The fraction of sp³-hybridized carbons (Fsp3) is 0.368. The number of furan rings is 1. The van der Waals surface area contributed by atoms with Crippen LogP contribution in [0.1, 0.15) is 35.7 Å². The van der Waals surface area contributed by atoms with Crippen molar-refractivity contribution in [2.45, 2.75) is 33.4 Å². The predicted octanol–water partition coefficient (Wildman–Crippen LogP) is 3.14. The van der Waals surface area contributed by atoms with Crippen LogP contribution < -0.4 is 5.32 Å². The first kappa shape index (κ1) is 18.7. The summed E-state index contributed by atoms with van der Waals surface area (Å²) in [5.41, 5.74) is -0.0785. The quantitative estimate of drug-likeness (QED) is 0.874. The van der Waals surface area contributed by atoms with Crippen LogP contribution in [-0.2, 0) is 11.3 Å². The Hall–Kier alpha value is -2.63. The van der Waals surface area contributed by atoms with Crippen molar-refractivity contribution in [1.29, 1.82) is 0 Å². The molecule has 2 rings (SSSR count). The Balaban J connectivity index is 2.10. The molecule has 1 N–H and O–H groups in total. The molecule has 0 aliphatic heterocycles. The van der Waals surface area contributed by atoms with Crippen molar-refractivity contribution in [1.82, 2.24) is 10.2 Å². The lowest BCUT2D eigenvalue weighted by atomic mass is 10.0. The van der Waals surface area contributed by atoms with Crippen molar-refractivity contribution in [3.8, 4) is 0 Å². The van der Waals surface area contributed by atoms with E-state index in [1.165, 1.54) is 23.1 Å². The van der Waals surface area contributed by atoms with Gasteiger partial charge in [-0.1, -0.05) is 26.0 Å². The molecule has 0 aliphatic rings. The van der Waals surface area contributed by atoms with Crippen molar-refractivity contribution in [2.75, 3.05) is 7.05 Å². The summed E-state index contributed by atoms with van der Waals surface area (Å²) in [6.07, 6.45) is 0. The highest BCUT2D eigenvalue weighted by molar-refractivity contribution is 5.97. The van der Waals surface area contributed by atoms with E-state index in [1.54, 1.807) is 19.2 Å². The molecule has 1 heterocycles. The molecular formula is C19H23FN2O3. The number of hydrogen-bond acceptors (Lipinski definition) is 3. The fourth-order valence-electron chi connectivity index (χ4n) is 2.50. The maximum absolute atomic E-state index is 13.8. The number of carbonyl (C=O) groups is 2. The summed E-state index contributed by atoms with van der Waals surface area (Å²) >= 11 is 0. The number of likely N-dealkylation sites (N-methyl/N-ethyl adjacent to an activating group) is 1. The van der Waals surface area contributed by atoms with Gasteiger partial charge in [0.25, 0.3) is 5.91 Å². The van der Waals surface area contributed by atoms with Crippen molar-refractivity contribution in [3.05, 3.63) is 59.3 Å². The van der Waals surface area contributed by atoms with Crippen LogP contribution in [-0.4, -0.2) is 29.8 Å². The van der Waals surface area contributed by atoms with Crippen molar-refractivity contribution >= 4 is 11.8 Å². The molecule has 0 saturated heterocycles. The number of benzene rings is 1. The molecule has 2 amide bonds. The first-order chi connectivity index (χ1) is 11.8. The molecule has 1 atom stereocenters. The third kappa shape index (κ3) is 4.68. The molecule has 0 aliphatic carbocycles. The summed E-state index contributed by atoms with van der Waals surface area (Å²) in [4.78, 5) is 26.5. The zero-order valence-corrected chi connectivity index (χ0v) is 14.9. The van der Waals surface area contributed by atoms with Crippen LogP contribution >= 0.6 is 0 Å². The van der Waals surface area contributed by atoms with E-state index in [-0.39, 0.29) is 17.4 Å². The number of carbonyl (C=O) groups excluding carboxylic acids is 2. The summed E-state index contributed by atoms with van der Waals surface area (Å²) in [6, 6.07) is 8.57. The zero-order chi connectivity index (χ0) is 18.6. The molecule has 1 aromatic carbocycles. The molecular weight excluding hydrogens is 323 g/mol. The van der Waals surface area contributed by atoms with Crippen LogP contribution in [0.5, 0.6) is 0 Å². The molecule has 0 radical (unpaired) electrons. The second-order valence-corrected chi connectivity index (χ2v) is 6.38. The number of hydrogen-bond donors (Lipinski definition) is 1. The average Bonchev–Trinajstić information content (AvgIpc) is 2.96. The molecule has 1 aromatic heterocycles. The number of nitrogens with one attached hydrogen (secondary N) is 1. The summed E-state index contributed by atoms with van der Waals surface area (Å²) in [6.45, 7) is 5.78. The lowest BCUT2D eigenvalue weighted by Crippen LogP contribution is -2.50. The Kier molecular flexibility index (Phi) is 5.96. The lowest BCUT2D eigenvalue weighted by molar-refractivity contribution is -0.133. The highest BCUT2D eigenvalue weighted by atomic mass is 19.1. The minimum Gasteiger partial charge on any atom is -0.464 e. The topological polar surface area (TPSA) is 62.6 Å². The maximum Gasteiger partial charge on any atom is 0.254 e. The van der Waals surface area contributed by atoms with Crippen molar-refractivity contribution in [3.63, 3.8) is 0 Å². The van der Waals surface area contributed by atoms with Gasteiger partial charge in [0.1, 0.15) is 23.4 Å². The normalized spacial score (nSPS) is 12.1. The van der Waals surface area contributed by atoms with Crippen LogP contribution in [0.2, 0.25) is 0 Å². The Bertz CT molecular complexity index is 755. The van der Waals surface area contributed by atoms with Gasteiger partial charge in [-0.3, -0.25) is 9.59 Å². The fourth-order valence-corrected chi connectivity index (χ4v) is 2.50. The molecule has 2 aromatic rings. The molecule has 1 unspecified atom stereocenters. The van der Waals surface area contributed by atoms with E-state index in [4.69, 9.17) is 4.42 Å². The van der Waals surface area contributed by atoms with Gasteiger partial charge >= 0.3 is 0 Å².